The van der Waals surface area contributed by atoms with Crippen LogP contribution in [0.3, 0.4) is 0 Å². The summed E-state index contributed by atoms with van der Waals surface area (Å²) in [7, 11) is 0. The molecule has 1 spiro atoms. The van der Waals surface area contributed by atoms with Crippen molar-refractivity contribution in [3.8, 4) is 0 Å². The van der Waals surface area contributed by atoms with Crippen LogP contribution >= 0.6 is 0 Å². The first-order valence-electron chi connectivity index (χ1n) is 10.9. The number of nitrogens with zero attached hydrogens (tertiary/aromatic N) is 1. The Labute approximate surface area is 193 Å². The number of ketones is 2. The summed E-state index contributed by atoms with van der Waals surface area (Å²) < 4.78 is 19.6. The second-order valence-corrected chi connectivity index (χ2v) is 8.78. The topological polar surface area (TPSA) is 80.8 Å². The van der Waals surface area contributed by atoms with Gasteiger partial charge in [0.25, 0.3) is 0 Å². The maximum absolute atomic E-state index is 13.7. The molecule has 2 amide bonds. The van der Waals surface area contributed by atoms with Crippen LogP contribution in [0, 0.1) is 17.7 Å². The zero-order chi connectivity index (χ0) is 23.6. The Balaban J connectivity index is 1.48. The van der Waals surface area contributed by atoms with Crippen molar-refractivity contribution in [2.75, 3.05) is 0 Å². The van der Waals surface area contributed by atoms with Crippen molar-refractivity contribution in [3.05, 3.63) is 107 Å². The molecule has 6 rings (SSSR count). The minimum Gasteiger partial charge on any atom is -0.349 e. The SMILES string of the molecule is O=C1C2C(c3ccccc3)OC3(C(=O)c4ccccc4C3=O)C2C(=O)N1Cc1ccc(F)cc1. The van der Waals surface area contributed by atoms with Gasteiger partial charge in [-0.2, -0.15) is 0 Å². The van der Waals surface area contributed by atoms with Gasteiger partial charge in [-0.1, -0.05) is 66.7 Å². The molecule has 2 heterocycles. The molecule has 6 nitrogen and oxygen atoms in total. The summed E-state index contributed by atoms with van der Waals surface area (Å²) in [5, 5.41) is 0. The number of carbonyl (C=O) groups excluding carboxylic acids is 4. The highest BCUT2D eigenvalue weighted by molar-refractivity contribution is 6.35. The third kappa shape index (κ3) is 2.64. The van der Waals surface area contributed by atoms with E-state index in [1.807, 2.05) is 0 Å². The van der Waals surface area contributed by atoms with Gasteiger partial charge in [0.2, 0.25) is 29.0 Å². The van der Waals surface area contributed by atoms with Crippen LogP contribution in [-0.2, 0) is 20.9 Å². The lowest BCUT2D eigenvalue weighted by Crippen LogP contribution is -2.50. The van der Waals surface area contributed by atoms with E-state index in [9.17, 15) is 23.6 Å². The van der Waals surface area contributed by atoms with E-state index >= 15 is 0 Å². The number of ether oxygens (including phenoxy) is 1. The van der Waals surface area contributed by atoms with Crippen molar-refractivity contribution in [2.24, 2.45) is 11.8 Å². The predicted octanol–water partition coefficient (Wildman–Crippen LogP) is 3.52. The summed E-state index contributed by atoms with van der Waals surface area (Å²) in [5.74, 6) is -5.07. The Hall–Kier alpha value is -3.97. The first-order valence-corrected chi connectivity index (χ1v) is 10.9. The van der Waals surface area contributed by atoms with Crippen molar-refractivity contribution in [1.29, 1.82) is 0 Å². The Bertz CT molecular complexity index is 1330. The molecule has 2 aliphatic heterocycles. The molecule has 0 N–H and O–H groups in total. The molecule has 3 unspecified atom stereocenters. The zero-order valence-electron chi connectivity index (χ0n) is 17.8. The van der Waals surface area contributed by atoms with Gasteiger partial charge < -0.3 is 4.74 Å². The minimum atomic E-state index is -2.08. The number of rotatable bonds is 3. The van der Waals surface area contributed by atoms with Crippen molar-refractivity contribution >= 4 is 23.4 Å². The second kappa shape index (κ2) is 7.27. The maximum Gasteiger partial charge on any atom is 0.237 e. The van der Waals surface area contributed by atoms with E-state index in [2.05, 4.69) is 0 Å². The van der Waals surface area contributed by atoms with Crippen molar-refractivity contribution < 1.29 is 28.3 Å². The van der Waals surface area contributed by atoms with E-state index in [1.165, 1.54) is 36.4 Å². The van der Waals surface area contributed by atoms with Crippen LogP contribution in [0.4, 0.5) is 4.39 Å². The zero-order valence-corrected chi connectivity index (χ0v) is 17.8. The molecular formula is C27H18FNO5. The minimum absolute atomic E-state index is 0.0855. The van der Waals surface area contributed by atoms with E-state index in [1.54, 1.807) is 42.5 Å². The highest BCUT2D eigenvalue weighted by Gasteiger charge is 2.74. The van der Waals surface area contributed by atoms with Gasteiger partial charge in [-0.15, -0.1) is 0 Å². The Morgan fingerprint density at radius 2 is 1.35 bits per heavy atom. The normalized spacial score (nSPS) is 24.7. The fourth-order valence-electron chi connectivity index (χ4n) is 5.45. The second-order valence-electron chi connectivity index (χ2n) is 8.78. The van der Waals surface area contributed by atoms with E-state index in [0.29, 0.717) is 11.1 Å². The van der Waals surface area contributed by atoms with Crippen molar-refractivity contribution in [2.45, 2.75) is 18.2 Å². The highest BCUT2D eigenvalue weighted by atomic mass is 19.1. The number of fused-ring (bicyclic) bond motifs is 3. The van der Waals surface area contributed by atoms with Gasteiger partial charge in [-0.25, -0.2) is 4.39 Å². The first-order chi connectivity index (χ1) is 16.4. The molecule has 0 radical (unpaired) electrons. The molecule has 7 heteroatoms. The van der Waals surface area contributed by atoms with Crippen LogP contribution in [-0.4, -0.2) is 33.9 Å². The average molecular weight is 455 g/mol. The van der Waals surface area contributed by atoms with E-state index in [0.717, 1.165) is 4.90 Å². The van der Waals surface area contributed by atoms with Gasteiger partial charge in [-0.05, 0) is 23.3 Å². The molecule has 3 aromatic rings. The Morgan fingerprint density at radius 3 is 1.97 bits per heavy atom. The first kappa shape index (κ1) is 20.6. The molecule has 0 aromatic heterocycles. The number of amides is 2. The van der Waals surface area contributed by atoms with Gasteiger partial charge in [0.15, 0.2) is 0 Å². The predicted molar refractivity (Wildman–Crippen MR) is 117 cm³/mol. The number of carbonyl (C=O) groups is 4. The molecule has 3 aliphatic rings. The molecule has 2 fully saturated rings. The van der Waals surface area contributed by atoms with Gasteiger partial charge in [0.05, 0.1) is 24.5 Å². The molecule has 168 valence electrons. The summed E-state index contributed by atoms with van der Waals surface area (Å²) in [6, 6.07) is 20.7. The number of halogens is 1. The Kier molecular flexibility index (Phi) is 4.41. The van der Waals surface area contributed by atoms with Gasteiger partial charge in [0, 0.05) is 11.1 Å². The standard InChI is InChI=1S/C27H18FNO5/c28-17-12-10-15(11-13-17)14-29-25(32)20-21(26(29)33)27(34-22(20)16-6-2-1-3-7-16)23(30)18-8-4-5-9-19(18)24(27)31/h1-13,20-22H,14H2. The lowest BCUT2D eigenvalue weighted by Gasteiger charge is -2.27. The lowest BCUT2D eigenvalue weighted by molar-refractivity contribution is -0.145. The van der Waals surface area contributed by atoms with Gasteiger partial charge >= 0.3 is 0 Å². The summed E-state index contributed by atoms with van der Waals surface area (Å²) >= 11 is 0. The monoisotopic (exact) mass is 455 g/mol. The number of benzene rings is 3. The summed E-state index contributed by atoms with van der Waals surface area (Å²) in [4.78, 5) is 55.6. The number of imide groups is 1. The Morgan fingerprint density at radius 1 is 0.765 bits per heavy atom. The molecule has 3 aromatic carbocycles. The van der Waals surface area contributed by atoms with Crippen LogP contribution in [0.5, 0.6) is 0 Å². The molecule has 3 atom stereocenters. The molecule has 0 saturated carbocycles. The lowest BCUT2D eigenvalue weighted by atomic mass is 9.77. The molecule has 1 aliphatic carbocycles. The summed E-state index contributed by atoms with van der Waals surface area (Å²) in [5.41, 5.74) is -0.536. The average Bonchev–Trinajstić information content (AvgIpc) is 3.42. The third-order valence-corrected chi connectivity index (χ3v) is 6.99. The van der Waals surface area contributed by atoms with Crippen LogP contribution in [0.15, 0.2) is 78.9 Å². The maximum atomic E-state index is 13.7. The number of hydrogen-bond donors (Lipinski definition) is 0. The van der Waals surface area contributed by atoms with Crippen LogP contribution in [0.1, 0.15) is 37.9 Å². The quantitative estimate of drug-likeness (QED) is 0.446. The van der Waals surface area contributed by atoms with Gasteiger partial charge in [0.1, 0.15) is 5.82 Å². The van der Waals surface area contributed by atoms with Crippen molar-refractivity contribution in [1.82, 2.24) is 4.90 Å². The summed E-state index contributed by atoms with van der Waals surface area (Å²) in [6.07, 6.45) is -0.942. The largest absolute Gasteiger partial charge is 0.349 e. The van der Waals surface area contributed by atoms with E-state index in [-0.39, 0.29) is 17.7 Å². The number of hydrogen-bond acceptors (Lipinski definition) is 5. The number of Topliss-reactive ketones (excluding diaryl/α,β-unsaturated/α-hetero) is 2. The van der Waals surface area contributed by atoms with Crippen LogP contribution in [0.2, 0.25) is 0 Å². The smallest absolute Gasteiger partial charge is 0.237 e. The highest BCUT2D eigenvalue weighted by Crippen LogP contribution is 2.57. The van der Waals surface area contributed by atoms with Crippen LogP contribution in [0.25, 0.3) is 0 Å². The van der Waals surface area contributed by atoms with Crippen LogP contribution < -0.4 is 0 Å². The fraction of sp³-hybridized carbons (Fsp3) is 0.185. The molecule has 0 bridgehead atoms. The molecule has 34 heavy (non-hydrogen) atoms. The summed E-state index contributed by atoms with van der Waals surface area (Å²) in [6.45, 7) is -0.0855. The van der Waals surface area contributed by atoms with Gasteiger partial charge in [-0.3, -0.25) is 24.1 Å². The fourth-order valence-corrected chi connectivity index (χ4v) is 5.45. The third-order valence-electron chi connectivity index (χ3n) is 6.99. The molecule has 2 saturated heterocycles. The molecular weight excluding hydrogens is 437 g/mol. The van der Waals surface area contributed by atoms with E-state index < -0.39 is 52.7 Å². The van der Waals surface area contributed by atoms with Crippen molar-refractivity contribution in [3.63, 3.8) is 0 Å². The number of likely N-dealkylation sites (tertiary alicyclic amines) is 1. The van der Waals surface area contributed by atoms with E-state index in [4.69, 9.17) is 4.74 Å².